The van der Waals surface area contributed by atoms with Gasteiger partial charge in [0, 0.05) is 6.20 Å². The van der Waals surface area contributed by atoms with Crippen molar-refractivity contribution in [3.8, 4) is 5.75 Å². The Morgan fingerprint density at radius 2 is 1.89 bits per heavy atom. The van der Waals surface area contributed by atoms with Crippen LogP contribution in [0.5, 0.6) is 5.75 Å². The summed E-state index contributed by atoms with van der Waals surface area (Å²) in [5.74, 6) is 0.917. The monoisotopic (exact) mass is 319 g/mol. The zero-order chi connectivity index (χ0) is 13.7. The smallest absolute Gasteiger partial charge is 0.156 e. The maximum atomic E-state index is 4.97. The van der Waals surface area contributed by atoms with Crippen molar-refractivity contribution in [3.63, 3.8) is 0 Å². The van der Waals surface area contributed by atoms with Gasteiger partial charge in [-0.15, -0.1) is 0 Å². The first-order valence-electron chi connectivity index (χ1n) is 5.75. The molecule has 0 bridgehead atoms. The van der Waals surface area contributed by atoms with Crippen LogP contribution < -0.4 is 4.74 Å². The molecule has 1 N–H and O–H groups in total. The van der Waals surface area contributed by atoms with Gasteiger partial charge in [0.15, 0.2) is 5.65 Å². The van der Waals surface area contributed by atoms with Crippen LogP contribution in [0.2, 0.25) is 0 Å². The number of aromatic nitrogens is 3. The average molecular weight is 320 g/mol. The highest BCUT2D eigenvalue weighted by Gasteiger charge is 1.95. The molecule has 2 aromatic heterocycles. The van der Waals surface area contributed by atoms with Gasteiger partial charge < -0.3 is 9.72 Å². The van der Waals surface area contributed by atoms with Gasteiger partial charge in [-0.05, 0) is 41.1 Å². The van der Waals surface area contributed by atoms with E-state index < -0.39 is 0 Å². The minimum absolute atomic E-state index is 0.764. The van der Waals surface area contributed by atoms with Crippen molar-refractivity contribution in [3.05, 3.63) is 52.9 Å². The quantitative estimate of drug-likeness (QED) is 0.743. The molecule has 2 heterocycles. The average Bonchev–Trinajstić information content (AvgIpc) is 2.87. The molecule has 0 saturated carbocycles. The maximum absolute atomic E-state index is 4.97. The van der Waals surface area contributed by atoms with E-state index in [-0.39, 0.29) is 0 Å². The number of hydrogen-bond acceptors (Lipinski definition) is 3. The third-order valence-electron chi connectivity index (χ3n) is 2.49. The topological polar surface area (TPSA) is 50.8 Å². The molecular formula is C14H14BrN3O. The zero-order valence-electron chi connectivity index (χ0n) is 10.7. The van der Waals surface area contributed by atoms with Gasteiger partial charge in [-0.3, -0.25) is 0 Å². The molecule has 4 nitrogen and oxygen atoms in total. The number of fused-ring (bicyclic) bond motifs is 1. The molecule has 0 saturated heterocycles. The van der Waals surface area contributed by atoms with Crippen LogP contribution in [-0.2, 0) is 0 Å². The summed E-state index contributed by atoms with van der Waals surface area (Å²) in [7, 11) is 1.67. The van der Waals surface area contributed by atoms with Crippen molar-refractivity contribution in [1.29, 1.82) is 0 Å². The number of nitrogens with one attached hydrogen (secondary N) is 1. The van der Waals surface area contributed by atoms with Crippen molar-refractivity contribution in [1.82, 2.24) is 15.0 Å². The largest absolute Gasteiger partial charge is 0.497 e. The Hall–Kier alpha value is -1.88. The second kappa shape index (κ2) is 6.33. The van der Waals surface area contributed by atoms with Crippen LogP contribution >= 0.6 is 15.9 Å². The first-order chi connectivity index (χ1) is 9.19. The predicted octanol–water partition coefficient (Wildman–Crippen LogP) is 3.72. The second-order valence-corrected chi connectivity index (χ2v) is 4.73. The zero-order valence-corrected chi connectivity index (χ0v) is 12.3. The van der Waals surface area contributed by atoms with Gasteiger partial charge in [0.1, 0.15) is 15.9 Å². The molecule has 0 aliphatic heterocycles. The van der Waals surface area contributed by atoms with Crippen LogP contribution in [0, 0.1) is 6.92 Å². The van der Waals surface area contributed by atoms with Crippen LogP contribution in [0.3, 0.4) is 0 Å². The fraction of sp³-hybridized carbons (Fsp3) is 0.143. The summed E-state index contributed by atoms with van der Waals surface area (Å²) >= 11 is 3.23. The number of ether oxygens (including phenoxy) is 1. The lowest BCUT2D eigenvalue weighted by atomic mass is 10.2. The van der Waals surface area contributed by atoms with Gasteiger partial charge in [-0.2, -0.15) is 0 Å². The number of rotatable bonds is 1. The van der Waals surface area contributed by atoms with Crippen LogP contribution in [0.4, 0.5) is 0 Å². The Bertz CT molecular complexity index is 649. The van der Waals surface area contributed by atoms with Gasteiger partial charge in [-0.1, -0.05) is 17.7 Å². The SMILES string of the molecule is Brc1cnc2[nH]ccc2n1.COc1ccc(C)cc1. The number of methoxy groups -OCH3 is 1. The van der Waals surface area contributed by atoms with Crippen LogP contribution in [0.25, 0.3) is 11.2 Å². The normalized spacial score (nSPS) is 9.84. The summed E-state index contributed by atoms with van der Waals surface area (Å²) in [5.41, 5.74) is 2.97. The Labute approximate surface area is 120 Å². The molecule has 0 amide bonds. The predicted molar refractivity (Wildman–Crippen MR) is 79.3 cm³/mol. The third-order valence-corrected chi connectivity index (χ3v) is 2.87. The van der Waals surface area contributed by atoms with E-state index in [2.05, 4.69) is 37.8 Å². The summed E-state index contributed by atoms with van der Waals surface area (Å²) in [6.07, 6.45) is 3.48. The Balaban J connectivity index is 0.000000141. The first-order valence-corrected chi connectivity index (χ1v) is 6.54. The number of benzene rings is 1. The van der Waals surface area contributed by atoms with Gasteiger partial charge in [-0.25, -0.2) is 9.97 Å². The number of nitrogens with zero attached hydrogens (tertiary/aromatic N) is 2. The van der Waals surface area contributed by atoms with Crippen LogP contribution in [-0.4, -0.2) is 22.1 Å². The Morgan fingerprint density at radius 3 is 2.58 bits per heavy atom. The van der Waals surface area contributed by atoms with Gasteiger partial charge >= 0.3 is 0 Å². The summed E-state index contributed by atoms with van der Waals surface area (Å²) < 4.78 is 5.73. The van der Waals surface area contributed by atoms with E-state index in [1.54, 1.807) is 13.3 Å². The van der Waals surface area contributed by atoms with Crippen molar-refractivity contribution >= 4 is 27.1 Å². The molecule has 0 aliphatic carbocycles. The summed E-state index contributed by atoms with van der Waals surface area (Å²) in [6, 6.07) is 9.84. The molecule has 0 fully saturated rings. The van der Waals surface area contributed by atoms with Crippen molar-refractivity contribution in [2.24, 2.45) is 0 Å². The second-order valence-electron chi connectivity index (χ2n) is 3.92. The molecule has 98 valence electrons. The molecular weight excluding hydrogens is 306 g/mol. The van der Waals surface area contributed by atoms with Crippen molar-refractivity contribution in [2.45, 2.75) is 6.92 Å². The fourth-order valence-corrected chi connectivity index (χ4v) is 1.78. The minimum atomic E-state index is 0.764. The van der Waals surface area contributed by atoms with E-state index in [1.165, 1.54) is 5.56 Å². The van der Waals surface area contributed by atoms with Gasteiger partial charge in [0.2, 0.25) is 0 Å². The van der Waals surface area contributed by atoms with E-state index in [4.69, 9.17) is 4.74 Å². The molecule has 1 aromatic carbocycles. The summed E-state index contributed by atoms with van der Waals surface area (Å²) in [6.45, 7) is 2.06. The molecule has 5 heteroatoms. The molecule has 0 aliphatic rings. The Morgan fingerprint density at radius 1 is 1.16 bits per heavy atom. The maximum Gasteiger partial charge on any atom is 0.156 e. The molecule has 0 unspecified atom stereocenters. The molecule has 0 spiro atoms. The summed E-state index contributed by atoms with van der Waals surface area (Å²) in [5, 5.41) is 0. The summed E-state index contributed by atoms with van der Waals surface area (Å²) in [4.78, 5) is 11.2. The lowest BCUT2D eigenvalue weighted by molar-refractivity contribution is 0.414. The number of aromatic amines is 1. The standard InChI is InChI=1S/C8H10O.C6H4BrN3/c1-7-3-5-8(9-2)6-4-7;7-5-3-9-6-4(10-5)1-2-8-6/h3-6H,1-2H3;1-3H,(H,8,9). The van der Waals surface area contributed by atoms with Crippen LogP contribution in [0.15, 0.2) is 47.3 Å². The number of H-pyrrole nitrogens is 1. The Kier molecular flexibility index (Phi) is 4.52. The highest BCUT2D eigenvalue weighted by atomic mass is 79.9. The lowest BCUT2D eigenvalue weighted by Gasteiger charge is -1.97. The van der Waals surface area contributed by atoms with Crippen molar-refractivity contribution < 1.29 is 4.74 Å². The highest BCUT2D eigenvalue weighted by molar-refractivity contribution is 9.10. The number of hydrogen-bond donors (Lipinski definition) is 1. The van der Waals surface area contributed by atoms with Crippen LogP contribution in [0.1, 0.15) is 5.56 Å². The number of aryl methyl sites for hydroxylation is 1. The highest BCUT2D eigenvalue weighted by Crippen LogP contribution is 2.10. The van der Waals surface area contributed by atoms with E-state index in [0.29, 0.717) is 0 Å². The van der Waals surface area contributed by atoms with E-state index in [9.17, 15) is 0 Å². The number of halogens is 1. The molecule has 0 radical (unpaired) electrons. The molecule has 19 heavy (non-hydrogen) atoms. The van der Waals surface area contributed by atoms with Gasteiger partial charge in [0.05, 0.1) is 13.3 Å². The van der Waals surface area contributed by atoms with E-state index in [1.807, 2.05) is 36.5 Å². The van der Waals surface area contributed by atoms with Crippen molar-refractivity contribution in [2.75, 3.05) is 7.11 Å². The first kappa shape index (κ1) is 13.5. The van der Waals surface area contributed by atoms with Gasteiger partial charge in [0.25, 0.3) is 0 Å². The van der Waals surface area contributed by atoms with E-state index >= 15 is 0 Å². The molecule has 3 rings (SSSR count). The third kappa shape index (κ3) is 3.79. The van der Waals surface area contributed by atoms with E-state index in [0.717, 1.165) is 21.5 Å². The fourth-order valence-electron chi connectivity index (χ4n) is 1.48. The lowest BCUT2D eigenvalue weighted by Crippen LogP contribution is -1.80. The minimum Gasteiger partial charge on any atom is -0.497 e. The molecule has 3 aromatic rings. The molecule has 0 atom stereocenters.